The first-order valence-corrected chi connectivity index (χ1v) is 13.4. The molecule has 2 aromatic carbocycles. The highest BCUT2D eigenvalue weighted by Crippen LogP contribution is 2.33. The molecule has 1 unspecified atom stereocenters. The number of hydrogen-bond donors (Lipinski definition) is 3. The summed E-state index contributed by atoms with van der Waals surface area (Å²) in [5.74, 6) is -1.13. The number of pyridine rings is 1. The Bertz CT molecular complexity index is 1420. The monoisotopic (exact) mass is 513 g/mol. The number of aromatic nitrogens is 1. The number of hydrogen-bond acceptors (Lipinski definition) is 6. The summed E-state index contributed by atoms with van der Waals surface area (Å²) in [5, 5.41) is 11.5. The molecule has 0 saturated carbocycles. The predicted octanol–water partition coefficient (Wildman–Crippen LogP) is 4.35. The van der Waals surface area contributed by atoms with Crippen molar-refractivity contribution in [1.29, 1.82) is 5.41 Å². The second-order valence-electron chi connectivity index (χ2n) is 10.4. The van der Waals surface area contributed by atoms with Gasteiger partial charge >= 0.3 is 0 Å². The van der Waals surface area contributed by atoms with Gasteiger partial charge in [0.25, 0.3) is 5.91 Å². The highest BCUT2D eigenvalue weighted by Gasteiger charge is 2.26. The first-order valence-electron chi connectivity index (χ1n) is 13.4. The van der Waals surface area contributed by atoms with Gasteiger partial charge < -0.3 is 20.7 Å². The van der Waals surface area contributed by atoms with Gasteiger partial charge in [0.15, 0.2) is 11.6 Å². The summed E-state index contributed by atoms with van der Waals surface area (Å²) in [4.78, 5) is 19.2. The number of anilines is 1. The average molecular weight is 514 g/mol. The molecule has 7 nitrogen and oxygen atoms in total. The fourth-order valence-corrected chi connectivity index (χ4v) is 6.00. The Kier molecular flexibility index (Phi) is 6.57. The molecule has 1 aromatic heterocycles. The summed E-state index contributed by atoms with van der Waals surface area (Å²) in [7, 11) is 0. The summed E-state index contributed by atoms with van der Waals surface area (Å²) in [6.45, 7) is 2.89. The van der Waals surface area contributed by atoms with Gasteiger partial charge in [-0.1, -0.05) is 18.2 Å². The molecule has 1 fully saturated rings. The van der Waals surface area contributed by atoms with E-state index in [1.54, 1.807) is 12.3 Å². The zero-order chi connectivity index (χ0) is 26.2. The van der Waals surface area contributed by atoms with Crippen molar-refractivity contribution in [1.82, 2.24) is 15.2 Å². The van der Waals surface area contributed by atoms with Crippen LogP contribution in [0.15, 0.2) is 42.6 Å². The summed E-state index contributed by atoms with van der Waals surface area (Å²) in [6.07, 6.45) is 8.84. The fraction of sp³-hybridized carbons (Fsp3) is 0.367. The van der Waals surface area contributed by atoms with Crippen molar-refractivity contribution in [2.75, 3.05) is 32.0 Å². The zero-order valence-electron chi connectivity index (χ0n) is 21.4. The van der Waals surface area contributed by atoms with E-state index in [0.717, 1.165) is 24.0 Å². The lowest BCUT2D eigenvalue weighted by molar-refractivity contribution is 0.0957. The molecule has 4 N–H and O–H groups in total. The lowest BCUT2D eigenvalue weighted by Crippen LogP contribution is -2.32. The van der Waals surface area contributed by atoms with Crippen LogP contribution in [0.4, 0.5) is 10.2 Å². The molecule has 0 bridgehead atoms. The Hall–Kier alpha value is -3.78. The number of carbonyl (C=O) groups excluding carboxylic acids is 1. The number of ether oxygens (including phenoxy) is 1. The predicted molar refractivity (Wildman–Crippen MR) is 145 cm³/mol. The number of nitrogens with zero attached hydrogens (tertiary/aromatic N) is 2. The van der Waals surface area contributed by atoms with Crippen LogP contribution in [-0.2, 0) is 12.8 Å². The lowest BCUT2D eigenvalue weighted by Gasteiger charge is -2.26. The molecule has 3 aliphatic rings. The number of nitrogens with one attached hydrogen (secondary N) is 2. The maximum absolute atomic E-state index is 15.5. The second kappa shape index (κ2) is 10.2. The number of likely N-dealkylation sites (tertiary alicyclic amines) is 1. The molecule has 196 valence electrons. The van der Waals surface area contributed by atoms with E-state index in [0.29, 0.717) is 18.2 Å². The van der Waals surface area contributed by atoms with Crippen molar-refractivity contribution < 1.29 is 13.9 Å². The first-order chi connectivity index (χ1) is 18.5. The first kappa shape index (κ1) is 24.6. The molecular weight excluding hydrogens is 481 g/mol. The summed E-state index contributed by atoms with van der Waals surface area (Å²) in [5.41, 5.74) is 11.1. The Morgan fingerprint density at radius 1 is 1.05 bits per heavy atom. The molecule has 2 aliphatic heterocycles. The maximum atomic E-state index is 15.5. The SMILES string of the molecule is N=C(c1cc(-c2ccc3c(c2)CCC(N2CCCC2)CC3)cnc1N)c1ccc2c(c1F)OCCNC2=O. The number of benzene rings is 2. The number of amides is 1. The number of carbonyl (C=O) groups is 1. The van der Waals surface area contributed by atoms with E-state index in [1.165, 1.54) is 62.0 Å². The van der Waals surface area contributed by atoms with Gasteiger partial charge in [-0.2, -0.15) is 0 Å². The standard InChI is InChI=1S/C30H32FN5O2/c31-26-23(9-10-24-28(26)38-14-11-34-30(24)37)27(32)25-16-21(17-35-29(25)33)20-4-3-18-5-7-22(8-6-19(18)15-20)36-12-1-2-13-36/h3-4,9-10,15-17,22,32H,1-2,5-8,11-14H2,(H2,33,35)(H,34,37). The van der Waals surface area contributed by atoms with Crippen molar-refractivity contribution in [2.24, 2.45) is 0 Å². The summed E-state index contributed by atoms with van der Waals surface area (Å²) < 4.78 is 21.0. The van der Waals surface area contributed by atoms with Crippen molar-refractivity contribution in [3.63, 3.8) is 0 Å². The van der Waals surface area contributed by atoms with Crippen molar-refractivity contribution in [3.8, 4) is 16.9 Å². The third kappa shape index (κ3) is 4.53. The number of rotatable bonds is 4. The summed E-state index contributed by atoms with van der Waals surface area (Å²) in [6, 6.07) is 11.9. The molecule has 0 radical (unpaired) electrons. The number of halogens is 1. The van der Waals surface area contributed by atoms with E-state index in [2.05, 4.69) is 33.4 Å². The molecule has 6 rings (SSSR count). The second-order valence-corrected chi connectivity index (χ2v) is 10.4. The average Bonchev–Trinajstić information content (AvgIpc) is 3.29. The van der Waals surface area contributed by atoms with Crippen LogP contribution < -0.4 is 15.8 Å². The van der Waals surface area contributed by atoms with E-state index < -0.39 is 11.7 Å². The van der Waals surface area contributed by atoms with Crippen LogP contribution in [-0.4, -0.2) is 53.8 Å². The zero-order valence-corrected chi connectivity index (χ0v) is 21.4. The van der Waals surface area contributed by atoms with Gasteiger partial charge in [0, 0.05) is 28.9 Å². The van der Waals surface area contributed by atoms with E-state index in [9.17, 15) is 4.79 Å². The van der Waals surface area contributed by atoms with Gasteiger partial charge in [-0.15, -0.1) is 0 Å². The number of fused-ring (bicyclic) bond motifs is 2. The fourth-order valence-electron chi connectivity index (χ4n) is 6.00. The number of nitrogens with two attached hydrogens (primary N) is 1. The van der Waals surface area contributed by atoms with Gasteiger partial charge in [0.05, 0.1) is 17.8 Å². The van der Waals surface area contributed by atoms with Gasteiger partial charge in [-0.05, 0) is 86.5 Å². The molecule has 3 aromatic rings. The molecule has 0 spiro atoms. The van der Waals surface area contributed by atoms with Crippen LogP contribution in [0, 0.1) is 11.2 Å². The third-order valence-corrected chi connectivity index (χ3v) is 8.12. The van der Waals surface area contributed by atoms with Crippen LogP contribution in [0.1, 0.15) is 58.3 Å². The molecular formula is C30H32FN5O2. The third-order valence-electron chi connectivity index (χ3n) is 8.12. The van der Waals surface area contributed by atoms with Crippen LogP contribution in [0.2, 0.25) is 0 Å². The number of nitrogen functional groups attached to an aromatic ring is 1. The minimum atomic E-state index is -0.744. The van der Waals surface area contributed by atoms with Crippen LogP contribution in [0.25, 0.3) is 11.1 Å². The molecule has 3 heterocycles. The Labute approximate surface area is 221 Å². The minimum absolute atomic E-state index is 0.0129. The van der Waals surface area contributed by atoms with E-state index in [-0.39, 0.29) is 35.0 Å². The Balaban J connectivity index is 1.29. The maximum Gasteiger partial charge on any atom is 0.255 e. The topological polar surface area (TPSA) is 104 Å². The molecule has 1 aliphatic carbocycles. The highest BCUT2D eigenvalue weighted by atomic mass is 19.1. The Morgan fingerprint density at radius 2 is 1.84 bits per heavy atom. The smallest absolute Gasteiger partial charge is 0.255 e. The van der Waals surface area contributed by atoms with Gasteiger partial charge in [-0.25, -0.2) is 9.37 Å². The van der Waals surface area contributed by atoms with Crippen LogP contribution in [0.5, 0.6) is 5.75 Å². The molecule has 38 heavy (non-hydrogen) atoms. The lowest BCUT2D eigenvalue weighted by atomic mass is 9.94. The normalized spacial score (nSPS) is 19.5. The van der Waals surface area contributed by atoms with E-state index in [1.807, 2.05) is 0 Å². The highest BCUT2D eigenvalue weighted by molar-refractivity contribution is 6.14. The quantitative estimate of drug-likeness (QED) is 0.355. The van der Waals surface area contributed by atoms with Gasteiger partial charge in [-0.3, -0.25) is 10.2 Å². The van der Waals surface area contributed by atoms with E-state index >= 15 is 4.39 Å². The molecule has 1 amide bonds. The van der Waals surface area contributed by atoms with E-state index in [4.69, 9.17) is 15.9 Å². The van der Waals surface area contributed by atoms with Crippen LogP contribution >= 0.6 is 0 Å². The molecule has 1 atom stereocenters. The van der Waals surface area contributed by atoms with Crippen molar-refractivity contribution >= 4 is 17.4 Å². The largest absolute Gasteiger partial charge is 0.488 e. The number of aryl methyl sites for hydroxylation is 2. The summed E-state index contributed by atoms with van der Waals surface area (Å²) >= 11 is 0. The Morgan fingerprint density at radius 3 is 2.66 bits per heavy atom. The molecule has 1 saturated heterocycles. The minimum Gasteiger partial charge on any atom is -0.488 e. The van der Waals surface area contributed by atoms with Crippen molar-refractivity contribution in [3.05, 3.63) is 76.2 Å². The van der Waals surface area contributed by atoms with Crippen LogP contribution in [0.3, 0.4) is 0 Å². The van der Waals surface area contributed by atoms with Crippen molar-refractivity contribution in [2.45, 2.75) is 44.6 Å². The van der Waals surface area contributed by atoms with Gasteiger partial charge in [0.2, 0.25) is 0 Å². The molecule has 8 heteroatoms. The van der Waals surface area contributed by atoms with Gasteiger partial charge in [0.1, 0.15) is 12.4 Å².